The lowest BCUT2D eigenvalue weighted by molar-refractivity contribution is 0.0899. The molecule has 1 fully saturated rings. The Morgan fingerprint density at radius 3 is 2.81 bits per heavy atom. The summed E-state index contributed by atoms with van der Waals surface area (Å²) in [6.07, 6.45) is 6.43. The number of halogens is 2. The minimum absolute atomic E-state index is 0. The number of hydrogen-bond acceptors (Lipinski definition) is 5. The van der Waals surface area contributed by atoms with E-state index >= 15 is 0 Å². The van der Waals surface area contributed by atoms with E-state index in [1.807, 2.05) is 16.8 Å². The zero-order valence-electron chi connectivity index (χ0n) is 18.9. The highest BCUT2D eigenvalue weighted by Gasteiger charge is 2.27. The standard InChI is InChI=1S/C20H34N6O2Si.2ClH/c1-20(7-5-9-21-10-8-20)25-19(27)24-17-14-22-18-16(23-17)6-11-26(18)15-28-12-13-29(2,3)4;;/h6,11,14,21H,5,7-10,12-13,15H2,1-4H3,(H2,23,24,25,27);2*1H. The summed E-state index contributed by atoms with van der Waals surface area (Å²) < 4.78 is 7.75. The molecule has 1 aliphatic rings. The molecule has 0 aliphatic carbocycles. The summed E-state index contributed by atoms with van der Waals surface area (Å²) in [4.78, 5) is 21.5. The van der Waals surface area contributed by atoms with Crippen LogP contribution in [0.2, 0.25) is 25.7 Å². The Labute approximate surface area is 198 Å². The van der Waals surface area contributed by atoms with Crippen molar-refractivity contribution in [2.75, 3.05) is 25.0 Å². The minimum atomic E-state index is -1.09. The fourth-order valence-corrected chi connectivity index (χ4v) is 4.19. The molecule has 3 heterocycles. The Morgan fingerprint density at radius 1 is 1.29 bits per heavy atom. The van der Waals surface area contributed by atoms with Gasteiger partial charge in [-0.2, -0.15) is 0 Å². The third-order valence-corrected chi connectivity index (χ3v) is 6.99. The van der Waals surface area contributed by atoms with Crippen LogP contribution >= 0.6 is 24.8 Å². The molecule has 2 aromatic rings. The average molecular weight is 492 g/mol. The van der Waals surface area contributed by atoms with Crippen molar-refractivity contribution in [3.05, 3.63) is 18.5 Å². The zero-order valence-corrected chi connectivity index (χ0v) is 21.5. The van der Waals surface area contributed by atoms with Crippen molar-refractivity contribution in [2.45, 2.75) is 64.1 Å². The van der Waals surface area contributed by atoms with Crippen molar-refractivity contribution in [1.29, 1.82) is 0 Å². The molecule has 11 heteroatoms. The van der Waals surface area contributed by atoms with Crippen molar-refractivity contribution in [3.8, 4) is 0 Å². The van der Waals surface area contributed by atoms with Crippen molar-refractivity contribution in [1.82, 2.24) is 25.2 Å². The molecule has 8 nitrogen and oxygen atoms in total. The Hall–Kier alpha value is -1.39. The second-order valence-corrected chi connectivity index (χ2v) is 15.0. The largest absolute Gasteiger partial charge is 0.361 e. The summed E-state index contributed by atoms with van der Waals surface area (Å²) in [6.45, 7) is 12.2. The zero-order chi connectivity index (χ0) is 20.9. The van der Waals surface area contributed by atoms with E-state index in [9.17, 15) is 4.79 Å². The third kappa shape index (κ3) is 8.57. The third-order valence-electron chi connectivity index (χ3n) is 5.28. The van der Waals surface area contributed by atoms with Gasteiger partial charge in [-0.25, -0.2) is 14.8 Å². The molecule has 176 valence electrons. The van der Waals surface area contributed by atoms with Crippen molar-refractivity contribution in [2.24, 2.45) is 0 Å². The van der Waals surface area contributed by atoms with Crippen LogP contribution in [0.5, 0.6) is 0 Å². The molecular weight excluding hydrogens is 455 g/mol. The van der Waals surface area contributed by atoms with E-state index in [-0.39, 0.29) is 36.4 Å². The van der Waals surface area contributed by atoms with Crippen LogP contribution in [0.3, 0.4) is 0 Å². The van der Waals surface area contributed by atoms with Gasteiger partial charge in [0.05, 0.1) is 6.20 Å². The lowest BCUT2D eigenvalue weighted by Gasteiger charge is -2.29. The van der Waals surface area contributed by atoms with Crippen LogP contribution in [0, 0.1) is 0 Å². The first kappa shape index (κ1) is 27.6. The van der Waals surface area contributed by atoms with Crippen LogP contribution in [0.25, 0.3) is 11.2 Å². The number of ether oxygens (including phenoxy) is 1. The second-order valence-electron chi connectivity index (χ2n) is 9.34. The van der Waals surface area contributed by atoms with E-state index < -0.39 is 8.07 Å². The van der Waals surface area contributed by atoms with Crippen LogP contribution in [0.4, 0.5) is 10.6 Å². The van der Waals surface area contributed by atoms with Crippen LogP contribution in [-0.2, 0) is 11.5 Å². The van der Waals surface area contributed by atoms with Gasteiger partial charge in [-0.15, -0.1) is 24.8 Å². The molecule has 0 bridgehead atoms. The summed E-state index contributed by atoms with van der Waals surface area (Å²) in [5.74, 6) is 0.447. The quantitative estimate of drug-likeness (QED) is 0.398. The lowest BCUT2D eigenvalue weighted by atomic mass is 9.93. The van der Waals surface area contributed by atoms with Gasteiger partial charge in [0.15, 0.2) is 11.5 Å². The SMILES string of the molecule is CC1(NC(=O)Nc2cnc3c(ccn3COCC[Si](C)(C)C)n2)CCCNCC1.Cl.Cl. The van der Waals surface area contributed by atoms with Gasteiger partial charge in [-0.05, 0) is 51.4 Å². The van der Waals surface area contributed by atoms with E-state index in [4.69, 9.17) is 4.74 Å². The number of nitrogens with zero attached hydrogens (tertiary/aromatic N) is 3. The molecule has 0 radical (unpaired) electrons. The first-order valence-corrected chi connectivity index (χ1v) is 14.1. The van der Waals surface area contributed by atoms with Crippen molar-refractivity contribution >= 4 is 55.9 Å². The number of aromatic nitrogens is 3. The Morgan fingerprint density at radius 2 is 2.06 bits per heavy atom. The average Bonchev–Trinajstić information content (AvgIpc) is 2.90. The monoisotopic (exact) mass is 490 g/mol. The summed E-state index contributed by atoms with van der Waals surface area (Å²) >= 11 is 0. The van der Waals surface area contributed by atoms with E-state index in [0.717, 1.165) is 56.2 Å². The molecule has 0 spiro atoms. The maximum Gasteiger partial charge on any atom is 0.320 e. The molecule has 2 amide bonds. The van der Waals surface area contributed by atoms with E-state index in [0.29, 0.717) is 12.5 Å². The van der Waals surface area contributed by atoms with Gasteiger partial charge < -0.3 is 19.9 Å². The molecule has 1 saturated heterocycles. The van der Waals surface area contributed by atoms with Crippen LogP contribution in [-0.4, -0.2) is 53.9 Å². The summed E-state index contributed by atoms with van der Waals surface area (Å²) in [7, 11) is -1.09. The number of carbonyl (C=O) groups excluding carboxylic acids is 1. The topological polar surface area (TPSA) is 93.1 Å². The minimum Gasteiger partial charge on any atom is -0.361 e. The smallest absolute Gasteiger partial charge is 0.320 e. The normalized spacial score (nSPS) is 19.1. The van der Waals surface area contributed by atoms with E-state index in [1.54, 1.807) is 6.20 Å². The summed E-state index contributed by atoms with van der Waals surface area (Å²) in [5, 5.41) is 9.30. The molecule has 3 N–H and O–H groups in total. The molecule has 1 atom stereocenters. The van der Waals surface area contributed by atoms with Crippen LogP contribution in [0.15, 0.2) is 18.5 Å². The van der Waals surface area contributed by atoms with Gasteiger partial charge in [0.2, 0.25) is 0 Å². The predicted molar refractivity (Wildman–Crippen MR) is 133 cm³/mol. The Balaban J connectivity index is 0.00000240. The number of nitrogens with one attached hydrogen (secondary N) is 3. The molecule has 0 aromatic carbocycles. The molecular formula is C20H36Cl2N6O2Si. The van der Waals surface area contributed by atoms with Gasteiger partial charge in [0.1, 0.15) is 12.2 Å². The van der Waals surface area contributed by atoms with Gasteiger partial charge in [-0.1, -0.05) is 19.6 Å². The number of fused-ring (bicyclic) bond motifs is 1. The van der Waals surface area contributed by atoms with Gasteiger partial charge >= 0.3 is 6.03 Å². The summed E-state index contributed by atoms with van der Waals surface area (Å²) in [6, 6.07) is 2.79. The number of rotatable bonds is 7. The van der Waals surface area contributed by atoms with Crippen molar-refractivity contribution in [3.63, 3.8) is 0 Å². The maximum atomic E-state index is 12.5. The number of hydrogen-bond donors (Lipinski definition) is 3. The van der Waals surface area contributed by atoms with Gasteiger partial charge in [0, 0.05) is 26.4 Å². The highest BCUT2D eigenvalue weighted by atomic mass is 35.5. The van der Waals surface area contributed by atoms with Crippen LogP contribution < -0.4 is 16.0 Å². The first-order valence-electron chi connectivity index (χ1n) is 10.4. The fraction of sp³-hybridized carbons (Fsp3) is 0.650. The highest BCUT2D eigenvalue weighted by molar-refractivity contribution is 6.76. The number of urea groups is 1. The van der Waals surface area contributed by atoms with E-state index in [1.165, 1.54) is 0 Å². The molecule has 1 aliphatic heterocycles. The van der Waals surface area contributed by atoms with Crippen LogP contribution in [0.1, 0.15) is 26.2 Å². The molecule has 2 aromatic heterocycles. The van der Waals surface area contributed by atoms with Gasteiger partial charge in [-0.3, -0.25) is 5.32 Å². The molecule has 3 rings (SSSR count). The van der Waals surface area contributed by atoms with Crippen molar-refractivity contribution < 1.29 is 9.53 Å². The first-order chi connectivity index (χ1) is 13.7. The van der Waals surface area contributed by atoms with E-state index in [2.05, 4.69) is 52.5 Å². The molecule has 31 heavy (non-hydrogen) atoms. The Bertz CT molecular complexity index is 835. The highest BCUT2D eigenvalue weighted by Crippen LogP contribution is 2.19. The lowest BCUT2D eigenvalue weighted by Crippen LogP contribution is -2.48. The van der Waals surface area contributed by atoms with Gasteiger partial charge in [0.25, 0.3) is 0 Å². The second kappa shape index (κ2) is 12.0. The predicted octanol–water partition coefficient (Wildman–Crippen LogP) is 4.24. The maximum absolute atomic E-state index is 12.5. The number of amides is 2. The number of anilines is 1. The molecule has 1 unspecified atom stereocenters. The fourth-order valence-electron chi connectivity index (χ4n) is 3.43. The number of carbonyl (C=O) groups is 1. The summed E-state index contributed by atoms with van der Waals surface area (Å²) in [5.41, 5.74) is 1.29. The Kier molecular flexibility index (Phi) is 10.7. The molecule has 0 saturated carbocycles.